The lowest BCUT2D eigenvalue weighted by Crippen LogP contribution is -2.29. The molecule has 4 rings (SSSR count). The van der Waals surface area contributed by atoms with Gasteiger partial charge in [-0.2, -0.15) is 5.10 Å². The van der Waals surface area contributed by atoms with Crippen molar-refractivity contribution in [2.75, 3.05) is 10.6 Å². The molecular weight excluding hydrogens is 508 g/mol. The van der Waals surface area contributed by atoms with Crippen LogP contribution in [0.5, 0.6) is 0 Å². The maximum absolute atomic E-state index is 12.7. The molecule has 39 heavy (non-hydrogen) atoms. The predicted molar refractivity (Wildman–Crippen MR) is 158 cm³/mol. The highest BCUT2D eigenvalue weighted by molar-refractivity contribution is 7.92. The minimum absolute atomic E-state index is 0.210. The fraction of sp³-hybridized carbons (Fsp3) is 0.226. The molecule has 0 bridgehead atoms. The first-order chi connectivity index (χ1) is 18.4. The van der Waals surface area contributed by atoms with Crippen molar-refractivity contribution in [1.29, 1.82) is 0 Å². The lowest BCUT2D eigenvalue weighted by atomic mass is 10.1. The van der Waals surface area contributed by atoms with Crippen molar-refractivity contribution in [3.63, 3.8) is 0 Å². The number of carbonyl (C=O) groups excluding carboxylic acids is 1. The Morgan fingerprint density at radius 2 is 1.56 bits per heavy atom. The standard InChI is InChI=1S/C31H34N4O3S/c1-21-15-22(2)17-30(16-21)35-24(4)18-28(25(35)5)19-32-33-31(36)26-11-13-29(14-12-26)34(39(6,37)38)20-27-10-8-7-9-23(27)3/h7-19H,20H2,1-6H3,(H,33,36)/b32-19-. The van der Waals surface area contributed by atoms with Gasteiger partial charge in [0, 0.05) is 28.2 Å². The number of hydrogen-bond acceptors (Lipinski definition) is 4. The van der Waals surface area contributed by atoms with E-state index >= 15 is 0 Å². The van der Waals surface area contributed by atoms with Gasteiger partial charge in [-0.1, -0.05) is 30.3 Å². The molecule has 0 aliphatic heterocycles. The van der Waals surface area contributed by atoms with Gasteiger partial charge in [0.15, 0.2) is 0 Å². The number of rotatable bonds is 8. The summed E-state index contributed by atoms with van der Waals surface area (Å²) in [7, 11) is -3.53. The van der Waals surface area contributed by atoms with Crippen LogP contribution in [0.1, 0.15) is 49.6 Å². The van der Waals surface area contributed by atoms with Crippen molar-refractivity contribution >= 4 is 27.8 Å². The van der Waals surface area contributed by atoms with Crippen LogP contribution in [0.3, 0.4) is 0 Å². The Morgan fingerprint density at radius 1 is 0.923 bits per heavy atom. The highest BCUT2D eigenvalue weighted by Crippen LogP contribution is 2.24. The molecule has 0 unspecified atom stereocenters. The number of aryl methyl sites for hydroxylation is 4. The van der Waals surface area contributed by atoms with Crippen molar-refractivity contribution in [3.05, 3.63) is 118 Å². The molecule has 0 aliphatic carbocycles. The SMILES string of the molecule is Cc1cc(C)cc(-n2c(C)cc(/C=N\NC(=O)c3ccc(N(Cc4ccccc4C)S(C)(=O)=O)cc3)c2C)c1. The van der Waals surface area contributed by atoms with E-state index in [1.807, 2.05) is 51.1 Å². The van der Waals surface area contributed by atoms with Crippen molar-refractivity contribution in [3.8, 4) is 5.69 Å². The summed E-state index contributed by atoms with van der Waals surface area (Å²) in [5, 5.41) is 4.18. The molecule has 0 atom stereocenters. The van der Waals surface area contributed by atoms with Crippen molar-refractivity contribution in [2.45, 2.75) is 41.2 Å². The van der Waals surface area contributed by atoms with Crippen LogP contribution in [0.15, 0.2) is 77.9 Å². The van der Waals surface area contributed by atoms with Crippen molar-refractivity contribution in [2.24, 2.45) is 5.10 Å². The highest BCUT2D eigenvalue weighted by Gasteiger charge is 2.19. The first-order valence-electron chi connectivity index (χ1n) is 12.7. The molecule has 0 radical (unpaired) electrons. The Hall–Kier alpha value is -4.17. The number of sulfonamides is 1. The zero-order valence-corrected chi connectivity index (χ0v) is 24.0. The van der Waals surface area contributed by atoms with Crippen LogP contribution in [-0.4, -0.2) is 31.4 Å². The normalized spacial score (nSPS) is 11.6. The van der Waals surface area contributed by atoms with E-state index < -0.39 is 10.0 Å². The first-order valence-corrected chi connectivity index (χ1v) is 14.5. The second-order valence-electron chi connectivity index (χ2n) is 9.95. The number of carbonyl (C=O) groups is 1. The van der Waals surface area contributed by atoms with Crippen LogP contribution in [0.25, 0.3) is 5.69 Å². The summed E-state index contributed by atoms with van der Waals surface area (Å²) in [5.41, 5.74) is 11.8. The van der Waals surface area contributed by atoms with E-state index in [0.29, 0.717) is 11.3 Å². The Labute approximate surface area is 230 Å². The topological polar surface area (TPSA) is 83.8 Å². The zero-order chi connectivity index (χ0) is 28.3. The van der Waals surface area contributed by atoms with Gasteiger partial charge in [-0.25, -0.2) is 13.8 Å². The fourth-order valence-corrected chi connectivity index (χ4v) is 5.62. The predicted octanol–water partition coefficient (Wildman–Crippen LogP) is 5.75. The van der Waals surface area contributed by atoms with Crippen LogP contribution in [0, 0.1) is 34.6 Å². The molecule has 0 saturated heterocycles. The van der Waals surface area contributed by atoms with Crippen LogP contribution >= 0.6 is 0 Å². The Morgan fingerprint density at radius 3 is 2.18 bits per heavy atom. The van der Waals surface area contributed by atoms with Crippen LogP contribution in [-0.2, 0) is 16.6 Å². The zero-order valence-electron chi connectivity index (χ0n) is 23.2. The van der Waals surface area contributed by atoms with Crippen LogP contribution in [0.4, 0.5) is 5.69 Å². The summed E-state index contributed by atoms with van der Waals surface area (Å²) in [6.07, 6.45) is 2.82. The van der Waals surface area contributed by atoms with E-state index in [1.165, 1.54) is 21.7 Å². The molecule has 3 aromatic carbocycles. The van der Waals surface area contributed by atoms with Crippen molar-refractivity contribution < 1.29 is 13.2 Å². The van der Waals surface area contributed by atoms with E-state index in [0.717, 1.165) is 33.8 Å². The summed E-state index contributed by atoms with van der Waals surface area (Å²) >= 11 is 0. The van der Waals surface area contributed by atoms with E-state index in [4.69, 9.17) is 0 Å². The molecule has 8 heteroatoms. The van der Waals surface area contributed by atoms with Gasteiger partial charge in [0.2, 0.25) is 10.0 Å². The average Bonchev–Trinajstić information content (AvgIpc) is 3.15. The molecule has 0 spiro atoms. The largest absolute Gasteiger partial charge is 0.318 e. The number of hydrazone groups is 1. The van der Waals surface area contributed by atoms with Gasteiger partial charge in [-0.15, -0.1) is 0 Å². The van der Waals surface area contributed by atoms with Gasteiger partial charge in [-0.05, 0) is 99.3 Å². The summed E-state index contributed by atoms with van der Waals surface area (Å²) in [6, 6.07) is 22.6. The third-order valence-corrected chi connectivity index (χ3v) is 7.84. The quantitative estimate of drug-likeness (QED) is 0.227. The van der Waals surface area contributed by atoms with Gasteiger partial charge in [0.1, 0.15) is 0 Å². The number of hydrogen-bond donors (Lipinski definition) is 1. The lowest BCUT2D eigenvalue weighted by molar-refractivity contribution is 0.0955. The molecule has 1 heterocycles. The Balaban J connectivity index is 1.48. The average molecular weight is 543 g/mol. The summed E-state index contributed by atoms with van der Waals surface area (Å²) in [6.45, 7) is 10.4. The fourth-order valence-electron chi connectivity index (χ4n) is 4.74. The molecule has 1 aromatic heterocycles. The Kier molecular flexibility index (Phi) is 8.06. The molecule has 7 nitrogen and oxygen atoms in total. The smallest absolute Gasteiger partial charge is 0.271 e. The molecule has 0 fully saturated rings. The third-order valence-electron chi connectivity index (χ3n) is 6.70. The van der Waals surface area contributed by atoms with Gasteiger partial charge in [0.25, 0.3) is 5.91 Å². The summed E-state index contributed by atoms with van der Waals surface area (Å²) in [4.78, 5) is 12.7. The minimum atomic E-state index is -3.53. The number of nitrogens with one attached hydrogen (secondary N) is 1. The number of amides is 1. The molecule has 0 saturated carbocycles. The lowest BCUT2D eigenvalue weighted by Gasteiger charge is -2.23. The minimum Gasteiger partial charge on any atom is -0.318 e. The molecule has 4 aromatic rings. The van der Waals surface area contributed by atoms with E-state index in [9.17, 15) is 13.2 Å². The molecular formula is C31H34N4O3S. The van der Waals surface area contributed by atoms with E-state index in [-0.39, 0.29) is 12.5 Å². The summed E-state index contributed by atoms with van der Waals surface area (Å²) in [5.74, 6) is -0.384. The summed E-state index contributed by atoms with van der Waals surface area (Å²) < 4.78 is 28.6. The molecule has 1 amide bonds. The molecule has 202 valence electrons. The second kappa shape index (κ2) is 11.3. The monoisotopic (exact) mass is 542 g/mol. The van der Waals surface area contributed by atoms with Crippen LogP contribution < -0.4 is 9.73 Å². The number of anilines is 1. The van der Waals surface area contributed by atoms with Crippen molar-refractivity contribution in [1.82, 2.24) is 9.99 Å². The third kappa shape index (κ3) is 6.46. The maximum Gasteiger partial charge on any atom is 0.271 e. The number of aromatic nitrogens is 1. The highest BCUT2D eigenvalue weighted by atomic mass is 32.2. The van der Waals surface area contributed by atoms with E-state index in [2.05, 4.69) is 47.1 Å². The van der Waals surface area contributed by atoms with E-state index in [1.54, 1.807) is 30.5 Å². The van der Waals surface area contributed by atoms with Gasteiger partial charge in [0.05, 0.1) is 24.7 Å². The van der Waals surface area contributed by atoms with Gasteiger partial charge in [-0.3, -0.25) is 9.10 Å². The second-order valence-corrected chi connectivity index (χ2v) is 11.9. The first kappa shape index (κ1) is 27.9. The van der Waals surface area contributed by atoms with Gasteiger partial charge >= 0.3 is 0 Å². The number of nitrogens with zero attached hydrogens (tertiary/aromatic N) is 3. The van der Waals surface area contributed by atoms with Crippen LogP contribution in [0.2, 0.25) is 0 Å². The molecule has 1 N–H and O–H groups in total. The maximum atomic E-state index is 12.7. The molecule has 0 aliphatic rings. The Bertz CT molecular complexity index is 1630. The number of benzene rings is 3. The van der Waals surface area contributed by atoms with Gasteiger partial charge < -0.3 is 4.57 Å².